The third-order valence-corrected chi connectivity index (χ3v) is 4.84. The molecule has 1 unspecified atom stereocenters. The van der Waals surface area contributed by atoms with Crippen LogP contribution in [0, 0.1) is 12.7 Å². The molecule has 23 heavy (non-hydrogen) atoms. The molecule has 0 aliphatic heterocycles. The van der Waals surface area contributed by atoms with E-state index in [1.54, 1.807) is 13.8 Å². The monoisotopic (exact) mass is 356 g/mol. The Balaban J connectivity index is 2.08. The highest BCUT2D eigenvalue weighted by Gasteiger charge is 2.20. The minimum Gasteiger partial charge on any atom is -0.477 e. The maximum Gasteiger partial charge on any atom is 0.347 e. The molecule has 0 saturated heterocycles. The Bertz CT molecular complexity index is 743. The van der Waals surface area contributed by atoms with Gasteiger partial charge in [0.1, 0.15) is 15.7 Å². The van der Waals surface area contributed by atoms with E-state index in [4.69, 9.17) is 16.7 Å². The molecule has 1 aromatic carbocycles. The van der Waals surface area contributed by atoms with Gasteiger partial charge < -0.3 is 10.4 Å². The van der Waals surface area contributed by atoms with E-state index in [0.29, 0.717) is 10.7 Å². The van der Waals surface area contributed by atoms with Gasteiger partial charge in [-0.1, -0.05) is 17.7 Å². The summed E-state index contributed by atoms with van der Waals surface area (Å²) in [5.74, 6) is -2.02. The lowest BCUT2D eigenvalue weighted by Crippen LogP contribution is -2.28. The smallest absolute Gasteiger partial charge is 0.347 e. The molecular formula is C15H14ClFN2O3S. The Morgan fingerprint density at radius 1 is 1.48 bits per heavy atom. The van der Waals surface area contributed by atoms with E-state index in [1.807, 2.05) is 0 Å². The summed E-state index contributed by atoms with van der Waals surface area (Å²) < 4.78 is 13.7. The number of carboxylic acids is 1. The molecule has 1 amide bonds. The largest absolute Gasteiger partial charge is 0.477 e. The lowest BCUT2D eigenvalue weighted by Gasteiger charge is -2.12. The van der Waals surface area contributed by atoms with Crippen LogP contribution in [0.5, 0.6) is 0 Å². The Labute approximate surface area is 141 Å². The lowest BCUT2D eigenvalue weighted by atomic mass is 10.1. The van der Waals surface area contributed by atoms with Crippen molar-refractivity contribution in [2.45, 2.75) is 26.3 Å². The molecule has 0 saturated carbocycles. The molecule has 2 aromatic rings. The summed E-state index contributed by atoms with van der Waals surface area (Å²) in [7, 11) is 0. The second kappa shape index (κ2) is 7.06. The van der Waals surface area contributed by atoms with Gasteiger partial charge in [-0.3, -0.25) is 4.79 Å². The standard InChI is InChI=1S/C15H14ClFN2O3S/c1-7-13(15(21)22)23-14(19-7)8(2)18-12(20)6-9-10(16)4-3-5-11(9)17/h3-5,8H,6H2,1-2H3,(H,18,20)(H,21,22). The summed E-state index contributed by atoms with van der Waals surface area (Å²) in [4.78, 5) is 27.4. The predicted octanol–water partition coefficient (Wildman–Crippen LogP) is 3.36. The Morgan fingerprint density at radius 3 is 2.74 bits per heavy atom. The van der Waals surface area contributed by atoms with Gasteiger partial charge in [0.2, 0.25) is 5.91 Å². The number of thiazole rings is 1. The number of hydrogen-bond acceptors (Lipinski definition) is 4. The maximum atomic E-state index is 13.7. The molecule has 0 aliphatic rings. The number of benzene rings is 1. The van der Waals surface area contributed by atoms with Crippen LogP contribution in [0.15, 0.2) is 18.2 Å². The average molecular weight is 357 g/mol. The molecule has 1 atom stereocenters. The lowest BCUT2D eigenvalue weighted by molar-refractivity contribution is -0.121. The second-order valence-electron chi connectivity index (χ2n) is 4.94. The molecule has 2 rings (SSSR count). The van der Waals surface area contributed by atoms with E-state index in [-0.39, 0.29) is 21.9 Å². The van der Waals surface area contributed by atoms with Crippen LogP contribution in [0.3, 0.4) is 0 Å². The van der Waals surface area contributed by atoms with E-state index < -0.39 is 23.7 Å². The van der Waals surface area contributed by atoms with Gasteiger partial charge >= 0.3 is 5.97 Å². The highest BCUT2D eigenvalue weighted by molar-refractivity contribution is 7.13. The highest BCUT2D eigenvalue weighted by atomic mass is 35.5. The first-order valence-corrected chi connectivity index (χ1v) is 7.92. The third kappa shape index (κ3) is 4.05. The van der Waals surface area contributed by atoms with E-state index in [1.165, 1.54) is 18.2 Å². The topological polar surface area (TPSA) is 79.3 Å². The zero-order valence-corrected chi connectivity index (χ0v) is 14.0. The van der Waals surface area contributed by atoms with Gasteiger partial charge in [-0.05, 0) is 26.0 Å². The maximum absolute atomic E-state index is 13.7. The number of rotatable bonds is 5. The number of carboxylic acid groups (broad SMARTS) is 1. The number of carbonyl (C=O) groups excluding carboxylic acids is 1. The van der Waals surface area contributed by atoms with E-state index in [2.05, 4.69) is 10.3 Å². The third-order valence-electron chi connectivity index (χ3n) is 3.15. The van der Waals surface area contributed by atoms with Crippen molar-refractivity contribution in [2.75, 3.05) is 0 Å². The van der Waals surface area contributed by atoms with Gasteiger partial charge in [-0.15, -0.1) is 11.3 Å². The first kappa shape index (κ1) is 17.4. The molecule has 2 N–H and O–H groups in total. The van der Waals surface area contributed by atoms with Crippen molar-refractivity contribution < 1.29 is 19.1 Å². The van der Waals surface area contributed by atoms with Crippen molar-refractivity contribution in [3.05, 3.63) is 50.2 Å². The molecule has 8 heteroatoms. The van der Waals surface area contributed by atoms with Crippen molar-refractivity contribution in [1.82, 2.24) is 10.3 Å². The van der Waals surface area contributed by atoms with Gasteiger partial charge in [0.05, 0.1) is 18.2 Å². The normalized spacial score (nSPS) is 12.0. The summed E-state index contributed by atoms with van der Waals surface area (Å²) in [5.41, 5.74) is 0.524. The molecule has 0 radical (unpaired) electrons. The quantitative estimate of drug-likeness (QED) is 0.860. The fraction of sp³-hybridized carbons (Fsp3) is 0.267. The van der Waals surface area contributed by atoms with Gasteiger partial charge in [-0.25, -0.2) is 14.2 Å². The van der Waals surface area contributed by atoms with Gasteiger partial charge in [0.25, 0.3) is 0 Å². The summed E-state index contributed by atoms with van der Waals surface area (Å²) in [6, 6.07) is 3.74. The van der Waals surface area contributed by atoms with Crippen LogP contribution in [-0.4, -0.2) is 22.0 Å². The summed E-state index contributed by atoms with van der Waals surface area (Å²) in [6.07, 6.45) is -0.202. The van der Waals surface area contributed by atoms with E-state index in [9.17, 15) is 14.0 Å². The minimum atomic E-state index is -1.05. The van der Waals surface area contributed by atoms with Crippen molar-refractivity contribution in [3.8, 4) is 0 Å². The number of aromatic nitrogens is 1. The number of nitrogens with zero attached hydrogens (tertiary/aromatic N) is 1. The predicted molar refractivity (Wildman–Crippen MR) is 85.5 cm³/mol. The number of aryl methyl sites for hydroxylation is 1. The number of aromatic carboxylic acids is 1. The Kier molecular flexibility index (Phi) is 5.33. The highest BCUT2D eigenvalue weighted by Crippen LogP contribution is 2.24. The van der Waals surface area contributed by atoms with Crippen LogP contribution in [0.2, 0.25) is 5.02 Å². The van der Waals surface area contributed by atoms with Crippen LogP contribution >= 0.6 is 22.9 Å². The number of amides is 1. The molecule has 5 nitrogen and oxygen atoms in total. The number of halogens is 2. The summed E-state index contributed by atoms with van der Waals surface area (Å²) in [6.45, 7) is 3.28. The molecule has 0 aliphatic carbocycles. The fourth-order valence-electron chi connectivity index (χ4n) is 2.02. The average Bonchev–Trinajstić information content (AvgIpc) is 2.85. The van der Waals surface area contributed by atoms with Crippen molar-refractivity contribution in [1.29, 1.82) is 0 Å². The van der Waals surface area contributed by atoms with Crippen LogP contribution < -0.4 is 5.32 Å². The first-order valence-electron chi connectivity index (χ1n) is 6.72. The van der Waals surface area contributed by atoms with Gasteiger partial charge in [0.15, 0.2) is 0 Å². The molecule has 122 valence electrons. The van der Waals surface area contributed by atoms with Crippen LogP contribution in [0.1, 0.15) is 38.9 Å². The zero-order valence-electron chi connectivity index (χ0n) is 12.4. The number of carbonyl (C=O) groups is 2. The van der Waals surface area contributed by atoms with Crippen molar-refractivity contribution in [3.63, 3.8) is 0 Å². The van der Waals surface area contributed by atoms with Crippen LogP contribution in [0.25, 0.3) is 0 Å². The van der Waals surface area contributed by atoms with Crippen molar-refractivity contribution >= 4 is 34.8 Å². The van der Waals surface area contributed by atoms with Gasteiger partial charge in [-0.2, -0.15) is 0 Å². The zero-order chi connectivity index (χ0) is 17.1. The Morgan fingerprint density at radius 2 is 2.17 bits per heavy atom. The molecule has 1 aromatic heterocycles. The molecule has 1 heterocycles. The fourth-order valence-corrected chi connectivity index (χ4v) is 3.15. The van der Waals surface area contributed by atoms with E-state index >= 15 is 0 Å². The molecule has 0 spiro atoms. The summed E-state index contributed by atoms with van der Waals surface area (Å²) >= 11 is 6.90. The molecule has 0 fully saturated rings. The summed E-state index contributed by atoms with van der Waals surface area (Å²) in [5, 5.41) is 12.4. The van der Waals surface area contributed by atoms with E-state index in [0.717, 1.165) is 11.3 Å². The number of nitrogens with one attached hydrogen (secondary N) is 1. The molecule has 0 bridgehead atoms. The minimum absolute atomic E-state index is 0.125. The van der Waals surface area contributed by atoms with Crippen LogP contribution in [0.4, 0.5) is 4.39 Å². The van der Waals surface area contributed by atoms with Crippen molar-refractivity contribution in [2.24, 2.45) is 0 Å². The number of hydrogen-bond donors (Lipinski definition) is 2. The molecular weight excluding hydrogens is 343 g/mol. The second-order valence-corrected chi connectivity index (χ2v) is 6.38. The SMILES string of the molecule is Cc1nc(C(C)NC(=O)Cc2c(F)cccc2Cl)sc1C(=O)O. The van der Waals surface area contributed by atoms with Gasteiger partial charge in [0, 0.05) is 10.6 Å². The van der Waals surface area contributed by atoms with Crippen LogP contribution in [-0.2, 0) is 11.2 Å². The first-order chi connectivity index (χ1) is 10.8. The Hall–Kier alpha value is -1.99.